The zero-order valence-corrected chi connectivity index (χ0v) is 25.1. The van der Waals surface area contributed by atoms with Crippen LogP contribution in [0.25, 0.3) is 0 Å². The number of rotatable bonds is 14. The Labute approximate surface area is 243 Å². The summed E-state index contributed by atoms with van der Waals surface area (Å²) >= 11 is 0. The van der Waals surface area contributed by atoms with Gasteiger partial charge in [-0.1, -0.05) is 69.3 Å². The molecule has 0 fully saturated rings. The average molecular weight is 582 g/mol. The lowest BCUT2D eigenvalue weighted by molar-refractivity contribution is -0.140. The van der Waals surface area contributed by atoms with E-state index < -0.39 is 28.5 Å². The van der Waals surface area contributed by atoms with E-state index in [2.05, 4.69) is 5.32 Å². The maximum absolute atomic E-state index is 14.1. The Balaban J connectivity index is 2.07. The highest BCUT2D eigenvalue weighted by Gasteiger charge is 2.34. The van der Waals surface area contributed by atoms with Crippen molar-refractivity contribution in [2.45, 2.75) is 44.7 Å². The van der Waals surface area contributed by atoms with Crippen LogP contribution in [0.3, 0.4) is 0 Å². The van der Waals surface area contributed by atoms with E-state index in [1.165, 1.54) is 37.3 Å². The number of carbonyl (C=O) groups excluding carboxylic acids is 2. The largest absolute Gasteiger partial charge is 0.493 e. The van der Waals surface area contributed by atoms with E-state index in [0.29, 0.717) is 24.5 Å². The third kappa shape index (κ3) is 8.00. The van der Waals surface area contributed by atoms with E-state index in [1.54, 1.807) is 30.3 Å². The van der Waals surface area contributed by atoms with E-state index in [0.717, 1.165) is 9.87 Å². The molecule has 0 aliphatic rings. The minimum Gasteiger partial charge on any atom is -0.493 e. The molecule has 1 unspecified atom stereocenters. The SMILES string of the molecule is CCC(C(=O)NCC(C)C)N(Cc1ccccc1)C(=O)CN(c1ccc(OC)c(OC)c1)S(=O)(=O)c1ccccc1. The number of methoxy groups -OCH3 is 2. The summed E-state index contributed by atoms with van der Waals surface area (Å²) in [7, 11) is -1.25. The Bertz CT molecular complexity index is 1400. The van der Waals surface area contributed by atoms with Crippen molar-refractivity contribution in [3.63, 3.8) is 0 Å². The van der Waals surface area contributed by atoms with Crippen LogP contribution in [-0.2, 0) is 26.2 Å². The molecule has 0 spiro atoms. The molecule has 0 heterocycles. The summed E-state index contributed by atoms with van der Waals surface area (Å²) in [4.78, 5) is 28.9. The van der Waals surface area contributed by atoms with Crippen LogP contribution in [0.5, 0.6) is 11.5 Å². The molecule has 0 aliphatic heterocycles. The summed E-state index contributed by atoms with van der Waals surface area (Å²) in [5.41, 5.74) is 1.04. The van der Waals surface area contributed by atoms with Gasteiger partial charge in [0.2, 0.25) is 11.8 Å². The second kappa shape index (κ2) is 14.5. The molecule has 0 saturated carbocycles. The molecule has 9 nitrogen and oxygen atoms in total. The third-order valence-corrected chi connectivity index (χ3v) is 8.32. The molecule has 3 rings (SSSR count). The molecule has 3 aromatic rings. The number of benzene rings is 3. The zero-order chi connectivity index (χ0) is 30.0. The Morgan fingerprint density at radius 2 is 1.49 bits per heavy atom. The Hall–Kier alpha value is -4.05. The standard InChI is InChI=1S/C31H39N3O6S/c1-6-27(31(36)32-20-23(2)3)33(21-24-13-9-7-10-14-24)30(35)22-34(41(37,38)26-15-11-8-12-16-26)25-17-18-28(39-4)29(19-25)40-5/h7-19,23,27H,6,20-22H2,1-5H3,(H,32,36). The topological polar surface area (TPSA) is 105 Å². The highest BCUT2D eigenvalue weighted by molar-refractivity contribution is 7.92. The summed E-state index contributed by atoms with van der Waals surface area (Å²) in [6.07, 6.45) is 0.351. The lowest BCUT2D eigenvalue weighted by Crippen LogP contribution is -2.52. The smallest absolute Gasteiger partial charge is 0.264 e. The Morgan fingerprint density at radius 3 is 2.05 bits per heavy atom. The second-order valence-electron chi connectivity index (χ2n) is 9.93. The van der Waals surface area contributed by atoms with Crippen LogP contribution in [-0.4, -0.2) is 58.5 Å². The van der Waals surface area contributed by atoms with E-state index in [9.17, 15) is 18.0 Å². The monoisotopic (exact) mass is 581 g/mol. The molecule has 1 atom stereocenters. The van der Waals surface area contributed by atoms with Gasteiger partial charge in [0, 0.05) is 19.2 Å². The fraction of sp³-hybridized carbons (Fsp3) is 0.355. The Kier molecular flexibility index (Phi) is 11.2. The first-order valence-corrected chi connectivity index (χ1v) is 15.0. The van der Waals surface area contributed by atoms with E-state index >= 15 is 0 Å². The van der Waals surface area contributed by atoms with Crippen molar-refractivity contribution in [1.29, 1.82) is 0 Å². The number of amides is 2. The summed E-state index contributed by atoms with van der Waals surface area (Å²) in [5, 5.41) is 2.93. The number of sulfonamides is 1. The van der Waals surface area contributed by atoms with Gasteiger partial charge in [0.1, 0.15) is 12.6 Å². The number of hydrogen-bond donors (Lipinski definition) is 1. The molecular weight excluding hydrogens is 542 g/mol. The van der Waals surface area contributed by atoms with Gasteiger partial charge >= 0.3 is 0 Å². The van der Waals surface area contributed by atoms with Gasteiger partial charge in [-0.25, -0.2) is 8.42 Å². The van der Waals surface area contributed by atoms with Crippen molar-refractivity contribution in [1.82, 2.24) is 10.2 Å². The summed E-state index contributed by atoms with van der Waals surface area (Å²) in [6, 6.07) is 21.1. The molecule has 220 valence electrons. The molecule has 0 radical (unpaired) electrons. The molecule has 0 saturated heterocycles. The number of nitrogens with zero attached hydrogens (tertiary/aromatic N) is 2. The number of ether oxygens (including phenoxy) is 2. The van der Waals surface area contributed by atoms with Crippen molar-refractivity contribution >= 4 is 27.5 Å². The first kappa shape index (κ1) is 31.5. The highest BCUT2D eigenvalue weighted by Crippen LogP contribution is 2.34. The first-order chi connectivity index (χ1) is 19.6. The van der Waals surface area contributed by atoms with Crippen molar-refractivity contribution in [2.24, 2.45) is 5.92 Å². The molecule has 3 aromatic carbocycles. The number of hydrogen-bond acceptors (Lipinski definition) is 6. The quantitative estimate of drug-likeness (QED) is 0.301. The predicted molar refractivity (Wildman–Crippen MR) is 159 cm³/mol. The molecule has 2 amide bonds. The molecule has 1 N–H and O–H groups in total. The molecule has 0 bridgehead atoms. The van der Waals surface area contributed by atoms with E-state index in [-0.39, 0.29) is 29.0 Å². The molecule has 10 heteroatoms. The first-order valence-electron chi connectivity index (χ1n) is 13.5. The van der Waals surface area contributed by atoms with Gasteiger partial charge in [-0.05, 0) is 42.2 Å². The van der Waals surface area contributed by atoms with Crippen LogP contribution in [0.2, 0.25) is 0 Å². The maximum atomic E-state index is 14.1. The van der Waals surface area contributed by atoms with Crippen LogP contribution in [0, 0.1) is 5.92 Å². The second-order valence-corrected chi connectivity index (χ2v) is 11.8. The van der Waals surface area contributed by atoms with Gasteiger partial charge in [0.15, 0.2) is 11.5 Å². The molecular formula is C31H39N3O6S. The minimum absolute atomic E-state index is 0.0268. The lowest BCUT2D eigenvalue weighted by atomic mass is 10.1. The summed E-state index contributed by atoms with van der Waals surface area (Å²) in [5.74, 6) is 0.152. The molecule has 0 aliphatic carbocycles. The zero-order valence-electron chi connectivity index (χ0n) is 24.2. The van der Waals surface area contributed by atoms with Gasteiger partial charge in [0.05, 0.1) is 24.8 Å². The van der Waals surface area contributed by atoms with Crippen molar-refractivity contribution in [3.05, 3.63) is 84.4 Å². The highest BCUT2D eigenvalue weighted by atomic mass is 32.2. The number of nitrogens with one attached hydrogen (secondary N) is 1. The maximum Gasteiger partial charge on any atom is 0.264 e. The molecule has 41 heavy (non-hydrogen) atoms. The minimum atomic E-state index is -4.19. The fourth-order valence-corrected chi connectivity index (χ4v) is 5.78. The lowest BCUT2D eigenvalue weighted by Gasteiger charge is -2.33. The van der Waals surface area contributed by atoms with E-state index in [1.807, 2.05) is 51.1 Å². The van der Waals surface area contributed by atoms with Gasteiger partial charge in [-0.3, -0.25) is 13.9 Å². The number of carbonyl (C=O) groups is 2. The van der Waals surface area contributed by atoms with Gasteiger partial charge in [-0.15, -0.1) is 0 Å². The van der Waals surface area contributed by atoms with Crippen molar-refractivity contribution < 1.29 is 27.5 Å². The normalized spacial score (nSPS) is 12.0. The van der Waals surface area contributed by atoms with Crippen LogP contribution >= 0.6 is 0 Å². The van der Waals surface area contributed by atoms with E-state index in [4.69, 9.17) is 9.47 Å². The molecule has 0 aromatic heterocycles. The van der Waals surface area contributed by atoms with Crippen LogP contribution in [0.4, 0.5) is 5.69 Å². The van der Waals surface area contributed by atoms with Gasteiger partial charge in [0.25, 0.3) is 10.0 Å². The fourth-order valence-electron chi connectivity index (χ4n) is 4.35. The van der Waals surface area contributed by atoms with Crippen LogP contribution in [0.15, 0.2) is 83.8 Å². The average Bonchev–Trinajstić information content (AvgIpc) is 2.99. The van der Waals surface area contributed by atoms with Crippen molar-refractivity contribution in [2.75, 3.05) is 31.6 Å². The Morgan fingerprint density at radius 1 is 0.878 bits per heavy atom. The van der Waals surface area contributed by atoms with Gasteiger partial charge in [-0.2, -0.15) is 0 Å². The number of anilines is 1. The summed E-state index contributed by atoms with van der Waals surface area (Å²) < 4.78 is 39.7. The summed E-state index contributed by atoms with van der Waals surface area (Å²) in [6.45, 7) is 5.87. The van der Waals surface area contributed by atoms with Gasteiger partial charge < -0.3 is 19.7 Å². The van der Waals surface area contributed by atoms with Crippen molar-refractivity contribution in [3.8, 4) is 11.5 Å². The predicted octanol–water partition coefficient (Wildman–Crippen LogP) is 4.48. The van der Waals surface area contributed by atoms with Crippen LogP contribution < -0.4 is 19.1 Å². The third-order valence-electron chi connectivity index (χ3n) is 6.53. The van der Waals surface area contributed by atoms with Crippen LogP contribution in [0.1, 0.15) is 32.8 Å².